The van der Waals surface area contributed by atoms with Crippen LogP contribution in [0.25, 0.3) is 0 Å². The van der Waals surface area contributed by atoms with Gasteiger partial charge in [-0.2, -0.15) is 0 Å². The molecule has 2 aliphatic rings. The molecular weight excluding hydrogens is 408 g/mol. The number of aromatic nitrogens is 2. The fourth-order valence-corrected chi connectivity index (χ4v) is 4.07. The number of anilines is 2. The zero-order valence-electron chi connectivity index (χ0n) is 18.7. The predicted molar refractivity (Wildman–Crippen MR) is 121 cm³/mol. The molecule has 3 heterocycles. The minimum Gasteiger partial charge on any atom is -0.338 e. The topological polar surface area (TPSA) is 98.7 Å². The third-order valence-electron chi connectivity index (χ3n) is 5.97. The standard InChI is InChI=1S/C23H28N6O3/c1-15-20(16(2)25-23(24-15)28-13-11-27(3)12-14-28)26-19(30)9-6-10-29-21(31)17-7-4-5-8-18(17)22(29)32/h4-5,7-8H,6,9-14H2,1-3H3,(H,26,30). The average Bonchev–Trinajstić information content (AvgIpc) is 3.02. The van der Waals surface area contributed by atoms with Gasteiger partial charge in [-0.1, -0.05) is 12.1 Å². The Balaban J connectivity index is 1.33. The zero-order valence-corrected chi connectivity index (χ0v) is 18.7. The number of piperazine rings is 1. The van der Waals surface area contributed by atoms with E-state index in [1.165, 1.54) is 4.90 Å². The Morgan fingerprint density at radius 2 is 1.53 bits per heavy atom. The van der Waals surface area contributed by atoms with Crippen LogP contribution in [0, 0.1) is 13.8 Å². The Hall–Kier alpha value is -3.33. The molecule has 0 radical (unpaired) electrons. The maximum atomic E-state index is 12.5. The van der Waals surface area contributed by atoms with Crippen molar-refractivity contribution in [3.8, 4) is 0 Å². The molecule has 4 rings (SSSR count). The quantitative estimate of drug-likeness (QED) is 0.690. The number of benzene rings is 1. The molecule has 2 aromatic rings. The summed E-state index contributed by atoms with van der Waals surface area (Å²) < 4.78 is 0. The maximum Gasteiger partial charge on any atom is 0.261 e. The first kappa shape index (κ1) is 21.9. The van der Waals surface area contributed by atoms with Gasteiger partial charge in [0, 0.05) is 39.1 Å². The van der Waals surface area contributed by atoms with Gasteiger partial charge in [0.25, 0.3) is 11.8 Å². The van der Waals surface area contributed by atoms with Crippen LogP contribution >= 0.6 is 0 Å². The zero-order chi connectivity index (χ0) is 22.8. The molecule has 9 heteroatoms. The van der Waals surface area contributed by atoms with Gasteiger partial charge < -0.3 is 15.1 Å². The van der Waals surface area contributed by atoms with Gasteiger partial charge in [-0.05, 0) is 39.4 Å². The number of hydrogen-bond acceptors (Lipinski definition) is 7. The van der Waals surface area contributed by atoms with Gasteiger partial charge in [0.05, 0.1) is 28.2 Å². The molecule has 32 heavy (non-hydrogen) atoms. The van der Waals surface area contributed by atoms with Crippen molar-refractivity contribution in [3.63, 3.8) is 0 Å². The predicted octanol–water partition coefficient (Wildman–Crippen LogP) is 1.86. The van der Waals surface area contributed by atoms with Crippen LogP contribution in [-0.2, 0) is 4.79 Å². The molecule has 1 aromatic heterocycles. The lowest BCUT2D eigenvalue weighted by atomic mass is 10.1. The van der Waals surface area contributed by atoms with E-state index in [2.05, 4.69) is 32.1 Å². The van der Waals surface area contributed by atoms with Gasteiger partial charge in [-0.3, -0.25) is 19.3 Å². The molecule has 3 amide bonds. The maximum absolute atomic E-state index is 12.5. The van der Waals surface area contributed by atoms with E-state index in [4.69, 9.17) is 0 Å². The Morgan fingerprint density at radius 1 is 0.969 bits per heavy atom. The lowest BCUT2D eigenvalue weighted by Gasteiger charge is -2.32. The summed E-state index contributed by atoms with van der Waals surface area (Å²) in [5, 5.41) is 2.90. The average molecular weight is 437 g/mol. The van der Waals surface area contributed by atoms with Crippen LogP contribution in [0.5, 0.6) is 0 Å². The Bertz CT molecular complexity index is 1000. The molecule has 0 bridgehead atoms. The molecule has 1 aromatic carbocycles. The van der Waals surface area contributed by atoms with E-state index in [9.17, 15) is 14.4 Å². The van der Waals surface area contributed by atoms with Crippen molar-refractivity contribution in [2.24, 2.45) is 0 Å². The summed E-state index contributed by atoms with van der Waals surface area (Å²) in [5.74, 6) is -0.100. The molecule has 1 saturated heterocycles. The van der Waals surface area contributed by atoms with E-state index in [1.54, 1.807) is 24.3 Å². The lowest BCUT2D eigenvalue weighted by molar-refractivity contribution is -0.116. The minimum atomic E-state index is -0.300. The van der Waals surface area contributed by atoms with E-state index >= 15 is 0 Å². The number of carbonyl (C=O) groups excluding carboxylic acids is 3. The molecule has 0 atom stereocenters. The summed E-state index contributed by atoms with van der Waals surface area (Å²) in [6.45, 7) is 7.61. The van der Waals surface area contributed by atoms with Crippen molar-refractivity contribution in [1.29, 1.82) is 0 Å². The van der Waals surface area contributed by atoms with E-state index in [-0.39, 0.29) is 30.7 Å². The Morgan fingerprint density at radius 3 is 2.09 bits per heavy atom. The van der Waals surface area contributed by atoms with Crippen LogP contribution in [0.1, 0.15) is 44.9 Å². The molecule has 0 spiro atoms. The summed E-state index contributed by atoms with van der Waals surface area (Å²) >= 11 is 0. The lowest BCUT2D eigenvalue weighted by Crippen LogP contribution is -2.45. The Kier molecular flexibility index (Phi) is 6.18. The first-order chi connectivity index (χ1) is 15.3. The highest BCUT2D eigenvalue weighted by Crippen LogP contribution is 2.24. The summed E-state index contributed by atoms with van der Waals surface area (Å²) in [7, 11) is 2.10. The summed E-state index contributed by atoms with van der Waals surface area (Å²) in [6, 6.07) is 6.78. The largest absolute Gasteiger partial charge is 0.338 e. The first-order valence-corrected chi connectivity index (χ1v) is 10.9. The number of fused-ring (bicyclic) bond motifs is 1. The molecule has 0 aliphatic carbocycles. The number of carbonyl (C=O) groups is 3. The summed E-state index contributed by atoms with van der Waals surface area (Å²) in [6.07, 6.45) is 0.572. The van der Waals surface area contributed by atoms with Gasteiger partial charge in [0.1, 0.15) is 0 Å². The van der Waals surface area contributed by atoms with E-state index in [0.717, 1.165) is 37.6 Å². The summed E-state index contributed by atoms with van der Waals surface area (Å²) in [4.78, 5) is 52.2. The number of rotatable bonds is 6. The van der Waals surface area contributed by atoms with E-state index < -0.39 is 0 Å². The number of hydrogen-bond donors (Lipinski definition) is 1. The molecule has 0 unspecified atom stereocenters. The molecule has 9 nitrogen and oxygen atoms in total. The van der Waals surface area contributed by atoms with Crippen molar-refractivity contribution >= 4 is 29.4 Å². The molecule has 0 saturated carbocycles. The van der Waals surface area contributed by atoms with Crippen LogP contribution < -0.4 is 10.2 Å². The fourth-order valence-electron chi connectivity index (χ4n) is 4.07. The molecule has 2 aliphatic heterocycles. The fraction of sp³-hybridized carbons (Fsp3) is 0.435. The summed E-state index contributed by atoms with van der Waals surface area (Å²) in [5.41, 5.74) is 2.91. The Labute approximate surface area is 187 Å². The molecular formula is C23H28N6O3. The second-order valence-corrected chi connectivity index (χ2v) is 8.32. The third-order valence-corrected chi connectivity index (χ3v) is 5.97. The number of nitrogens with one attached hydrogen (secondary N) is 1. The smallest absolute Gasteiger partial charge is 0.261 e. The first-order valence-electron chi connectivity index (χ1n) is 10.9. The van der Waals surface area contributed by atoms with Crippen molar-refractivity contribution in [2.45, 2.75) is 26.7 Å². The second kappa shape index (κ2) is 9.04. The third kappa shape index (κ3) is 4.34. The van der Waals surface area contributed by atoms with Crippen molar-refractivity contribution in [2.75, 3.05) is 50.0 Å². The minimum absolute atomic E-state index is 0.187. The number of amides is 3. The normalized spacial score (nSPS) is 16.5. The van der Waals surface area contributed by atoms with Crippen LogP contribution in [0.4, 0.5) is 11.6 Å². The number of aryl methyl sites for hydroxylation is 2. The highest BCUT2D eigenvalue weighted by atomic mass is 16.2. The number of likely N-dealkylation sites (N-methyl/N-ethyl adjacent to an activating group) is 1. The van der Waals surface area contributed by atoms with Gasteiger partial charge in [-0.15, -0.1) is 0 Å². The van der Waals surface area contributed by atoms with E-state index in [0.29, 0.717) is 29.2 Å². The molecule has 168 valence electrons. The van der Waals surface area contributed by atoms with Crippen LogP contribution in [-0.4, -0.2) is 77.3 Å². The van der Waals surface area contributed by atoms with E-state index in [1.807, 2.05) is 13.8 Å². The number of nitrogens with zero attached hydrogens (tertiary/aromatic N) is 5. The van der Waals surface area contributed by atoms with Gasteiger partial charge in [0.2, 0.25) is 11.9 Å². The van der Waals surface area contributed by atoms with Crippen molar-refractivity contribution < 1.29 is 14.4 Å². The van der Waals surface area contributed by atoms with Gasteiger partial charge >= 0.3 is 0 Å². The second-order valence-electron chi connectivity index (χ2n) is 8.32. The van der Waals surface area contributed by atoms with Crippen LogP contribution in [0.3, 0.4) is 0 Å². The van der Waals surface area contributed by atoms with Crippen LogP contribution in [0.15, 0.2) is 24.3 Å². The number of imide groups is 1. The highest BCUT2D eigenvalue weighted by Gasteiger charge is 2.34. The van der Waals surface area contributed by atoms with Gasteiger partial charge in [-0.25, -0.2) is 9.97 Å². The van der Waals surface area contributed by atoms with Crippen molar-refractivity contribution in [1.82, 2.24) is 19.8 Å². The monoisotopic (exact) mass is 436 g/mol. The van der Waals surface area contributed by atoms with Crippen LogP contribution in [0.2, 0.25) is 0 Å². The molecule has 1 fully saturated rings. The van der Waals surface area contributed by atoms with Gasteiger partial charge in [0.15, 0.2) is 0 Å². The van der Waals surface area contributed by atoms with Crippen molar-refractivity contribution in [3.05, 3.63) is 46.8 Å². The molecule has 1 N–H and O–H groups in total. The SMILES string of the molecule is Cc1nc(N2CCN(C)CC2)nc(C)c1NC(=O)CCCN1C(=O)c2ccccc2C1=O. The highest BCUT2D eigenvalue weighted by molar-refractivity contribution is 6.21.